The molecule has 0 bridgehead atoms. The summed E-state index contributed by atoms with van der Waals surface area (Å²) in [5.41, 5.74) is 1.62. The molecule has 0 amide bonds. The van der Waals surface area contributed by atoms with Gasteiger partial charge < -0.3 is 9.47 Å². The number of nitro groups is 1. The number of halogens is 4. The van der Waals surface area contributed by atoms with Gasteiger partial charge in [0.25, 0.3) is 0 Å². The van der Waals surface area contributed by atoms with Crippen molar-refractivity contribution in [1.82, 2.24) is 0 Å². The average molecular weight is 537 g/mol. The van der Waals surface area contributed by atoms with Crippen LogP contribution in [0.15, 0.2) is 58.0 Å². The van der Waals surface area contributed by atoms with Gasteiger partial charge >= 0.3 is 11.9 Å². The van der Waals surface area contributed by atoms with Crippen molar-refractivity contribution in [2.75, 3.05) is 6.61 Å². The predicted molar refractivity (Wildman–Crippen MR) is 127 cm³/mol. The van der Waals surface area contributed by atoms with Crippen LogP contribution in [0.2, 0.25) is 0 Å². The Hall–Kier alpha value is -3.40. The second-order valence-electron chi connectivity index (χ2n) is 7.35. The van der Waals surface area contributed by atoms with Gasteiger partial charge in [-0.2, -0.15) is 13.2 Å². The summed E-state index contributed by atoms with van der Waals surface area (Å²) in [6, 6.07) is 11.3. The SMILES string of the molecule is CCOc1cc(C=Nc2ccc(C)cc2C)cc(Br)c1Oc1ccc(C(F)(F)F)cc1[N+](=O)[O-]. The minimum Gasteiger partial charge on any atom is -0.490 e. The Labute approximate surface area is 202 Å². The Morgan fingerprint density at radius 3 is 2.44 bits per heavy atom. The Balaban J connectivity index is 1.99. The van der Waals surface area contributed by atoms with Crippen LogP contribution in [0.1, 0.15) is 29.2 Å². The van der Waals surface area contributed by atoms with Crippen LogP contribution in [0, 0.1) is 24.0 Å². The fourth-order valence-corrected chi connectivity index (χ4v) is 3.69. The summed E-state index contributed by atoms with van der Waals surface area (Å²) in [5.74, 6) is -0.0159. The van der Waals surface area contributed by atoms with E-state index in [1.165, 1.54) is 0 Å². The molecule has 178 valence electrons. The maximum absolute atomic E-state index is 13.0. The quantitative estimate of drug-likeness (QED) is 0.174. The van der Waals surface area contributed by atoms with Crippen LogP contribution < -0.4 is 9.47 Å². The summed E-state index contributed by atoms with van der Waals surface area (Å²) in [7, 11) is 0. The third-order valence-corrected chi connectivity index (χ3v) is 5.32. The molecule has 3 rings (SSSR count). The maximum atomic E-state index is 13.0. The van der Waals surface area contributed by atoms with E-state index in [-0.39, 0.29) is 23.9 Å². The van der Waals surface area contributed by atoms with E-state index in [0.29, 0.717) is 16.1 Å². The van der Waals surface area contributed by atoms with Crippen LogP contribution in [-0.4, -0.2) is 17.7 Å². The first kappa shape index (κ1) is 25.2. The first-order valence-electron chi connectivity index (χ1n) is 10.1. The molecule has 0 aromatic heterocycles. The van der Waals surface area contributed by atoms with E-state index in [1.807, 2.05) is 32.0 Å². The monoisotopic (exact) mass is 536 g/mol. The number of nitro benzene ring substituents is 1. The summed E-state index contributed by atoms with van der Waals surface area (Å²) in [6.07, 6.45) is -3.09. The van der Waals surface area contributed by atoms with Crippen LogP contribution in [-0.2, 0) is 6.18 Å². The van der Waals surface area contributed by atoms with E-state index in [1.54, 1.807) is 25.3 Å². The summed E-state index contributed by atoms with van der Waals surface area (Å²) in [5, 5.41) is 11.4. The fourth-order valence-electron chi connectivity index (χ4n) is 3.15. The number of nitrogens with zero attached hydrogens (tertiary/aromatic N) is 2. The molecule has 0 aliphatic heterocycles. The van der Waals surface area contributed by atoms with Crippen molar-refractivity contribution in [2.45, 2.75) is 26.9 Å². The molecule has 3 aromatic rings. The molecule has 0 saturated carbocycles. The van der Waals surface area contributed by atoms with Crippen molar-refractivity contribution in [3.8, 4) is 17.2 Å². The minimum absolute atomic E-state index is 0.0911. The van der Waals surface area contributed by atoms with Gasteiger partial charge in [-0.05, 0) is 78.2 Å². The largest absolute Gasteiger partial charge is 0.490 e. The summed E-state index contributed by atoms with van der Waals surface area (Å²) >= 11 is 3.37. The molecule has 0 atom stereocenters. The molecule has 3 aromatic carbocycles. The summed E-state index contributed by atoms with van der Waals surface area (Å²) in [6.45, 7) is 5.95. The molecular weight excluding hydrogens is 517 g/mol. The molecule has 0 heterocycles. The Kier molecular flexibility index (Phi) is 7.61. The van der Waals surface area contributed by atoms with Gasteiger partial charge in [0, 0.05) is 12.3 Å². The highest BCUT2D eigenvalue weighted by Gasteiger charge is 2.33. The molecule has 0 radical (unpaired) electrons. The van der Waals surface area contributed by atoms with Gasteiger partial charge in [0.2, 0.25) is 5.75 Å². The molecule has 0 spiro atoms. The van der Waals surface area contributed by atoms with E-state index in [0.717, 1.165) is 28.9 Å². The van der Waals surface area contributed by atoms with Crippen LogP contribution in [0.5, 0.6) is 17.2 Å². The predicted octanol–water partition coefficient (Wildman–Crippen LogP) is 7.93. The molecule has 0 fully saturated rings. The zero-order chi connectivity index (χ0) is 25.0. The van der Waals surface area contributed by atoms with Crippen LogP contribution in [0.3, 0.4) is 0 Å². The Bertz CT molecular complexity index is 1260. The van der Waals surface area contributed by atoms with Crippen molar-refractivity contribution >= 4 is 33.5 Å². The van der Waals surface area contributed by atoms with E-state index in [4.69, 9.17) is 9.47 Å². The second-order valence-corrected chi connectivity index (χ2v) is 8.20. The van der Waals surface area contributed by atoms with E-state index in [2.05, 4.69) is 20.9 Å². The zero-order valence-corrected chi connectivity index (χ0v) is 20.0. The molecule has 0 unspecified atom stereocenters. The van der Waals surface area contributed by atoms with Gasteiger partial charge in [0.1, 0.15) is 0 Å². The molecule has 0 N–H and O–H groups in total. The normalized spacial score (nSPS) is 11.6. The maximum Gasteiger partial charge on any atom is 0.416 e. The van der Waals surface area contributed by atoms with Crippen LogP contribution in [0.4, 0.5) is 24.5 Å². The molecular formula is C24H20BrF3N2O4. The van der Waals surface area contributed by atoms with Crippen molar-refractivity contribution in [1.29, 1.82) is 0 Å². The lowest BCUT2D eigenvalue weighted by atomic mass is 10.1. The number of aliphatic imine (C=N–C) groups is 1. The van der Waals surface area contributed by atoms with Crippen molar-refractivity contribution in [3.05, 3.63) is 85.4 Å². The lowest BCUT2D eigenvalue weighted by Gasteiger charge is -2.15. The first-order chi connectivity index (χ1) is 16.0. The number of ether oxygens (including phenoxy) is 2. The molecule has 10 heteroatoms. The number of benzene rings is 3. The average Bonchev–Trinajstić information content (AvgIpc) is 2.75. The lowest BCUT2D eigenvalue weighted by molar-refractivity contribution is -0.385. The lowest BCUT2D eigenvalue weighted by Crippen LogP contribution is -2.06. The van der Waals surface area contributed by atoms with Crippen molar-refractivity contribution in [3.63, 3.8) is 0 Å². The number of hydrogen-bond acceptors (Lipinski definition) is 5. The Morgan fingerprint density at radius 2 is 1.82 bits per heavy atom. The molecule has 34 heavy (non-hydrogen) atoms. The van der Waals surface area contributed by atoms with Crippen molar-refractivity contribution < 1.29 is 27.6 Å². The fraction of sp³-hybridized carbons (Fsp3) is 0.208. The molecule has 0 aliphatic carbocycles. The smallest absolute Gasteiger partial charge is 0.416 e. The molecule has 0 saturated heterocycles. The number of alkyl halides is 3. The highest BCUT2D eigenvalue weighted by atomic mass is 79.9. The van der Waals surface area contributed by atoms with Crippen LogP contribution in [0.25, 0.3) is 0 Å². The van der Waals surface area contributed by atoms with Gasteiger partial charge in [-0.15, -0.1) is 0 Å². The molecule has 0 aliphatic rings. The number of aryl methyl sites for hydroxylation is 2. The van der Waals surface area contributed by atoms with Gasteiger partial charge in [-0.25, -0.2) is 0 Å². The molecule has 6 nitrogen and oxygen atoms in total. The number of hydrogen-bond donors (Lipinski definition) is 0. The third-order valence-electron chi connectivity index (χ3n) is 4.73. The highest BCUT2D eigenvalue weighted by molar-refractivity contribution is 9.10. The number of rotatable bonds is 7. The first-order valence-corrected chi connectivity index (χ1v) is 10.9. The van der Waals surface area contributed by atoms with Gasteiger partial charge in [0.05, 0.1) is 27.3 Å². The topological polar surface area (TPSA) is 74.0 Å². The second kappa shape index (κ2) is 10.3. The van der Waals surface area contributed by atoms with E-state index >= 15 is 0 Å². The van der Waals surface area contributed by atoms with Gasteiger partial charge in [-0.1, -0.05) is 17.7 Å². The standard InChI is InChI=1S/C24H20BrF3N2O4/c1-4-33-22-11-16(13-29-19-7-5-14(2)9-15(19)3)10-18(25)23(22)34-21-8-6-17(24(26,27)28)12-20(21)30(31)32/h5-13H,4H2,1-3H3. The van der Waals surface area contributed by atoms with Crippen LogP contribution >= 0.6 is 15.9 Å². The van der Waals surface area contributed by atoms with Gasteiger partial charge in [-0.3, -0.25) is 15.1 Å². The third kappa shape index (κ3) is 5.93. The zero-order valence-electron chi connectivity index (χ0n) is 18.4. The minimum atomic E-state index is -4.73. The van der Waals surface area contributed by atoms with E-state index in [9.17, 15) is 23.3 Å². The van der Waals surface area contributed by atoms with Crippen molar-refractivity contribution in [2.24, 2.45) is 4.99 Å². The van der Waals surface area contributed by atoms with E-state index < -0.39 is 22.4 Å². The summed E-state index contributed by atoms with van der Waals surface area (Å²) < 4.78 is 50.7. The Morgan fingerprint density at radius 1 is 1.09 bits per heavy atom. The highest BCUT2D eigenvalue weighted by Crippen LogP contribution is 2.43. The summed E-state index contributed by atoms with van der Waals surface area (Å²) in [4.78, 5) is 15.0. The van der Waals surface area contributed by atoms with Gasteiger partial charge in [0.15, 0.2) is 11.5 Å².